The lowest BCUT2D eigenvalue weighted by Gasteiger charge is -2.15. The summed E-state index contributed by atoms with van der Waals surface area (Å²) in [6.45, 7) is 0. The second kappa shape index (κ2) is 15.1. The summed E-state index contributed by atoms with van der Waals surface area (Å²) in [5, 5.41) is 0. The molecule has 3 heteroatoms. The highest BCUT2D eigenvalue weighted by atomic mass is 14.7. The second-order valence-corrected chi connectivity index (χ2v) is 13.9. The lowest BCUT2D eigenvalue weighted by molar-refractivity contribution is 1.04. The third-order valence-corrected chi connectivity index (χ3v) is 10.3. The Morgan fingerprint density at radius 3 is 1.13 bits per heavy atom. The maximum atomic E-state index is 5.04. The van der Waals surface area contributed by atoms with Gasteiger partial charge in [0.1, 0.15) is 0 Å². The van der Waals surface area contributed by atoms with E-state index in [0.717, 1.165) is 59.3 Å². The molecule has 0 saturated carbocycles. The molecule has 7 aromatic rings. The zero-order valence-electron chi connectivity index (χ0n) is 30.1. The van der Waals surface area contributed by atoms with Crippen molar-refractivity contribution in [1.82, 2.24) is 15.0 Å². The van der Waals surface area contributed by atoms with E-state index in [4.69, 9.17) is 4.98 Å². The van der Waals surface area contributed by atoms with Gasteiger partial charge in [0.25, 0.3) is 0 Å². The molecule has 0 unspecified atom stereocenters. The highest BCUT2D eigenvalue weighted by Gasteiger charge is 2.13. The van der Waals surface area contributed by atoms with Crippen LogP contribution in [0.1, 0.15) is 36.8 Å². The van der Waals surface area contributed by atoms with Crippen LogP contribution in [-0.4, -0.2) is 15.0 Å². The molecule has 0 spiro atoms. The van der Waals surface area contributed by atoms with E-state index in [0.29, 0.717) is 0 Å². The van der Waals surface area contributed by atoms with Crippen molar-refractivity contribution in [3.05, 3.63) is 200 Å². The fourth-order valence-electron chi connectivity index (χ4n) is 7.43. The number of rotatable bonds is 8. The predicted molar refractivity (Wildman–Crippen MR) is 225 cm³/mol. The molecule has 0 aliphatic heterocycles. The molecular formula is C51H39N3. The Balaban J connectivity index is 1.13. The molecule has 0 atom stereocenters. The largest absolute Gasteiger partial charge is 0.265 e. The Morgan fingerprint density at radius 2 is 0.704 bits per heavy atom. The number of benzene rings is 4. The van der Waals surface area contributed by atoms with Crippen LogP contribution in [0, 0.1) is 0 Å². The number of allylic oxidation sites excluding steroid dienone is 8. The van der Waals surface area contributed by atoms with Crippen molar-refractivity contribution in [2.75, 3.05) is 0 Å². The molecule has 3 nitrogen and oxygen atoms in total. The van der Waals surface area contributed by atoms with Gasteiger partial charge in [0.15, 0.2) is 0 Å². The zero-order valence-corrected chi connectivity index (χ0v) is 30.1. The normalized spacial score (nSPS) is 13.7. The maximum absolute atomic E-state index is 5.04. The summed E-state index contributed by atoms with van der Waals surface area (Å²) in [5.74, 6) is 0. The molecule has 0 radical (unpaired) electrons. The summed E-state index contributed by atoms with van der Waals surface area (Å²) in [5.41, 5.74) is 18.4. The summed E-state index contributed by atoms with van der Waals surface area (Å²) < 4.78 is 0. The molecular weight excluding hydrogens is 655 g/mol. The highest BCUT2D eigenvalue weighted by Crippen LogP contribution is 2.37. The summed E-state index contributed by atoms with van der Waals surface area (Å²) in [7, 11) is 0. The van der Waals surface area contributed by atoms with E-state index in [2.05, 4.69) is 150 Å². The van der Waals surface area contributed by atoms with Crippen molar-refractivity contribution in [2.24, 2.45) is 0 Å². The van der Waals surface area contributed by atoms with Crippen molar-refractivity contribution >= 4 is 11.1 Å². The van der Waals surface area contributed by atoms with Crippen LogP contribution in [0.25, 0.3) is 78.2 Å². The van der Waals surface area contributed by atoms with Gasteiger partial charge < -0.3 is 0 Å². The van der Waals surface area contributed by atoms with E-state index in [1.165, 1.54) is 55.7 Å². The Bertz CT molecular complexity index is 2420. The first-order valence-electron chi connectivity index (χ1n) is 18.8. The fraction of sp³-hybridized carbons (Fsp3) is 0.0784. The lowest BCUT2D eigenvalue weighted by atomic mass is 9.90. The number of nitrogens with zero attached hydrogens (tertiary/aromatic N) is 3. The van der Waals surface area contributed by atoms with Crippen molar-refractivity contribution in [2.45, 2.75) is 25.7 Å². The van der Waals surface area contributed by atoms with Crippen LogP contribution in [0.3, 0.4) is 0 Å². The van der Waals surface area contributed by atoms with Crippen LogP contribution in [0.5, 0.6) is 0 Å². The summed E-state index contributed by atoms with van der Waals surface area (Å²) in [4.78, 5) is 13.5. The molecule has 0 N–H and O–H groups in total. The first-order valence-corrected chi connectivity index (χ1v) is 18.8. The molecule has 0 amide bonds. The van der Waals surface area contributed by atoms with E-state index in [9.17, 15) is 0 Å². The van der Waals surface area contributed by atoms with E-state index in [1.807, 2.05) is 49.1 Å². The third kappa shape index (κ3) is 7.17. The number of aromatic nitrogens is 3. The Labute approximate surface area is 317 Å². The minimum absolute atomic E-state index is 0.909. The van der Waals surface area contributed by atoms with Crippen LogP contribution in [-0.2, 0) is 0 Å². The Kier molecular flexibility index (Phi) is 9.27. The van der Waals surface area contributed by atoms with Gasteiger partial charge in [-0.2, -0.15) is 0 Å². The van der Waals surface area contributed by atoms with Gasteiger partial charge in [0, 0.05) is 35.9 Å². The minimum atomic E-state index is 0.909. The maximum Gasteiger partial charge on any atom is 0.0716 e. The fourth-order valence-corrected chi connectivity index (χ4v) is 7.43. The van der Waals surface area contributed by atoms with Gasteiger partial charge in [-0.15, -0.1) is 0 Å². The van der Waals surface area contributed by atoms with Crippen molar-refractivity contribution in [3.63, 3.8) is 0 Å². The highest BCUT2D eigenvalue weighted by molar-refractivity contribution is 5.86. The number of hydrogen-bond acceptors (Lipinski definition) is 3. The van der Waals surface area contributed by atoms with Crippen LogP contribution in [0.2, 0.25) is 0 Å². The molecule has 2 aliphatic carbocycles. The van der Waals surface area contributed by atoms with Crippen LogP contribution in [0.4, 0.5) is 0 Å². The summed E-state index contributed by atoms with van der Waals surface area (Å²) >= 11 is 0. The van der Waals surface area contributed by atoms with Gasteiger partial charge in [-0.05, 0) is 159 Å². The Morgan fingerprint density at radius 1 is 0.315 bits per heavy atom. The van der Waals surface area contributed by atoms with E-state index < -0.39 is 0 Å². The predicted octanol–water partition coefficient (Wildman–Crippen LogP) is 13.3. The summed E-state index contributed by atoms with van der Waals surface area (Å²) in [6, 6.07) is 46.3. The van der Waals surface area contributed by atoms with Gasteiger partial charge in [-0.3, -0.25) is 9.97 Å². The average Bonchev–Trinajstić information content (AvgIpc) is 3.27. The lowest BCUT2D eigenvalue weighted by Crippen LogP contribution is -1.92. The first kappa shape index (κ1) is 33.1. The van der Waals surface area contributed by atoms with Gasteiger partial charge in [-0.1, -0.05) is 97.1 Å². The minimum Gasteiger partial charge on any atom is -0.265 e. The molecule has 0 bridgehead atoms. The second-order valence-electron chi connectivity index (χ2n) is 13.9. The molecule has 0 fully saturated rings. The van der Waals surface area contributed by atoms with Gasteiger partial charge in [0.2, 0.25) is 0 Å². The zero-order chi connectivity index (χ0) is 36.1. The number of pyridine rings is 3. The average molecular weight is 694 g/mol. The Hall–Kier alpha value is -6.71. The van der Waals surface area contributed by atoms with E-state index in [-0.39, 0.29) is 0 Å². The van der Waals surface area contributed by atoms with Crippen molar-refractivity contribution < 1.29 is 0 Å². The van der Waals surface area contributed by atoms with E-state index >= 15 is 0 Å². The van der Waals surface area contributed by atoms with E-state index in [1.54, 1.807) is 0 Å². The molecule has 2 aliphatic rings. The summed E-state index contributed by atoms with van der Waals surface area (Å²) in [6.07, 6.45) is 25.4. The van der Waals surface area contributed by atoms with Crippen LogP contribution >= 0.6 is 0 Å². The molecule has 258 valence electrons. The van der Waals surface area contributed by atoms with Crippen molar-refractivity contribution in [3.8, 4) is 67.0 Å². The smallest absolute Gasteiger partial charge is 0.0716 e. The van der Waals surface area contributed by atoms with Gasteiger partial charge >= 0.3 is 0 Å². The number of hydrogen-bond donors (Lipinski definition) is 0. The monoisotopic (exact) mass is 693 g/mol. The third-order valence-electron chi connectivity index (χ3n) is 10.3. The van der Waals surface area contributed by atoms with Crippen LogP contribution in [0.15, 0.2) is 189 Å². The molecule has 0 saturated heterocycles. The molecule has 3 heterocycles. The van der Waals surface area contributed by atoms with Gasteiger partial charge in [-0.25, -0.2) is 4.98 Å². The van der Waals surface area contributed by atoms with Crippen LogP contribution < -0.4 is 0 Å². The standard InChI is InChI=1S/C51H39N3/c1-3-9-36(10-4-1)42-13-7-15-44(29-42)47-31-46(32-48(33-47)45-16-8-14-43(30-45)37-11-5-2-6-12-37)38-17-19-39(20-18-38)49-34-50(40-21-25-52-26-22-40)54-51(35-49)41-23-27-53-28-24-41/h3,5,7-35H,1-2,4,6H2. The first-order chi connectivity index (χ1) is 26.7. The molecule has 4 aromatic carbocycles. The topological polar surface area (TPSA) is 38.7 Å². The SMILES string of the molecule is C1=CC(c2cccc(-c3cc(-c4ccc(-c5cc(-c6ccncc6)nc(-c6ccncc6)c5)cc4)cc(-c4cccc(C5=CCCC=C5)c4)c3)c2)=CCC1. The quantitative estimate of drug-likeness (QED) is 0.159. The molecule has 3 aromatic heterocycles. The van der Waals surface area contributed by atoms with Crippen molar-refractivity contribution in [1.29, 1.82) is 0 Å². The molecule has 9 rings (SSSR count). The molecule has 54 heavy (non-hydrogen) atoms. The van der Waals surface area contributed by atoms with Gasteiger partial charge in [0.05, 0.1) is 11.4 Å².